The van der Waals surface area contributed by atoms with Gasteiger partial charge in [0.25, 0.3) is 0 Å². The van der Waals surface area contributed by atoms with Crippen LogP contribution in [0.4, 0.5) is 16.2 Å². The van der Waals surface area contributed by atoms with Gasteiger partial charge in [-0.25, -0.2) is 13.2 Å². The zero-order valence-electron chi connectivity index (χ0n) is 17.5. The summed E-state index contributed by atoms with van der Waals surface area (Å²) in [6.07, 6.45) is 5.67. The van der Waals surface area contributed by atoms with Gasteiger partial charge in [0.15, 0.2) is 0 Å². The first-order chi connectivity index (χ1) is 14.3. The second kappa shape index (κ2) is 10.1. The topological polar surface area (TPSA) is 102 Å². The van der Waals surface area contributed by atoms with Gasteiger partial charge in [0.2, 0.25) is 15.9 Å². The van der Waals surface area contributed by atoms with Crippen molar-refractivity contribution >= 4 is 33.3 Å². The molecule has 2 aliphatic heterocycles. The number of carbonyl (C=O) groups is 2. The highest BCUT2D eigenvalue weighted by Gasteiger charge is 2.24. The molecule has 2 aliphatic rings. The number of benzene rings is 1. The molecule has 30 heavy (non-hydrogen) atoms. The van der Waals surface area contributed by atoms with E-state index in [1.54, 1.807) is 29.2 Å². The quantitative estimate of drug-likeness (QED) is 0.729. The molecular weight excluding hydrogens is 406 g/mol. The van der Waals surface area contributed by atoms with Gasteiger partial charge in [-0.2, -0.15) is 0 Å². The zero-order valence-corrected chi connectivity index (χ0v) is 18.3. The van der Waals surface area contributed by atoms with Crippen LogP contribution < -0.4 is 10.0 Å². The molecule has 2 fully saturated rings. The number of hydrogen-bond acceptors (Lipinski definition) is 5. The number of likely N-dealkylation sites (tertiary alicyclic amines) is 1. The lowest BCUT2D eigenvalue weighted by Crippen LogP contribution is -2.52. The van der Waals surface area contributed by atoms with Crippen molar-refractivity contribution in [3.05, 3.63) is 24.3 Å². The lowest BCUT2D eigenvalue weighted by molar-refractivity contribution is -0.132. The van der Waals surface area contributed by atoms with E-state index in [9.17, 15) is 18.0 Å². The molecule has 3 rings (SSSR count). The minimum Gasteiger partial charge on any atom is -0.342 e. The first kappa shape index (κ1) is 22.4. The average Bonchev–Trinajstić information content (AvgIpc) is 2.98. The number of hydrogen-bond donors (Lipinski definition) is 2. The van der Waals surface area contributed by atoms with Crippen molar-refractivity contribution in [2.45, 2.75) is 25.7 Å². The van der Waals surface area contributed by atoms with Crippen LogP contribution in [0.15, 0.2) is 24.3 Å². The van der Waals surface area contributed by atoms with Gasteiger partial charge in [-0.1, -0.05) is 12.8 Å². The summed E-state index contributed by atoms with van der Waals surface area (Å²) in [7, 11) is -3.33. The third-order valence-electron chi connectivity index (χ3n) is 5.42. The molecular formula is C20H31N5O4S. The number of urea groups is 1. The highest BCUT2D eigenvalue weighted by atomic mass is 32.2. The lowest BCUT2D eigenvalue weighted by atomic mass is 10.2. The number of amides is 3. The summed E-state index contributed by atoms with van der Waals surface area (Å²) in [5.41, 5.74) is 1.04. The van der Waals surface area contributed by atoms with Gasteiger partial charge in [-0.05, 0) is 37.1 Å². The third-order valence-corrected chi connectivity index (χ3v) is 6.02. The Morgan fingerprint density at radius 3 is 1.97 bits per heavy atom. The van der Waals surface area contributed by atoms with Crippen molar-refractivity contribution in [1.82, 2.24) is 14.7 Å². The molecule has 166 valence electrons. The van der Waals surface area contributed by atoms with Crippen molar-refractivity contribution in [3.63, 3.8) is 0 Å². The predicted octanol–water partition coefficient (Wildman–Crippen LogP) is 1.61. The Balaban J connectivity index is 1.43. The minimum absolute atomic E-state index is 0.192. The molecule has 1 aromatic rings. The fourth-order valence-corrected chi connectivity index (χ4v) is 4.32. The van der Waals surface area contributed by atoms with Crippen molar-refractivity contribution < 1.29 is 18.0 Å². The molecule has 9 nitrogen and oxygen atoms in total. The predicted molar refractivity (Wildman–Crippen MR) is 117 cm³/mol. The van der Waals surface area contributed by atoms with E-state index >= 15 is 0 Å². The number of anilines is 2. The second-order valence-corrected chi connectivity index (χ2v) is 9.69. The van der Waals surface area contributed by atoms with Gasteiger partial charge in [0.1, 0.15) is 0 Å². The normalized spacial score (nSPS) is 18.6. The van der Waals surface area contributed by atoms with E-state index in [4.69, 9.17) is 0 Å². The van der Waals surface area contributed by atoms with Crippen LogP contribution >= 0.6 is 0 Å². The Morgan fingerprint density at radius 2 is 1.40 bits per heavy atom. The molecule has 2 heterocycles. The Hall–Kier alpha value is -2.33. The SMILES string of the molecule is CS(=O)(=O)Nc1ccc(NC(=O)N2CCN(CC(=O)N3CCCCCC3)CC2)cc1. The molecule has 0 spiro atoms. The molecule has 3 amide bonds. The van der Waals surface area contributed by atoms with E-state index < -0.39 is 10.0 Å². The maximum absolute atomic E-state index is 12.5. The standard InChI is InChI=1S/C20H31N5O4S/c1-30(28,29)22-18-8-6-17(7-9-18)21-20(27)25-14-12-23(13-15-25)16-19(26)24-10-4-2-3-5-11-24/h6-9,22H,2-5,10-16H2,1H3,(H,21,27). The number of nitrogens with zero attached hydrogens (tertiary/aromatic N) is 3. The lowest BCUT2D eigenvalue weighted by Gasteiger charge is -2.35. The molecule has 0 aliphatic carbocycles. The first-order valence-corrected chi connectivity index (χ1v) is 12.3. The van der Waals surface area contributed by atoms with Gasteiger partial charge in [-0.15, -0.1) is 0 Å². The number of rotatable bonds is 5. The van der Waals surface area contributed by atoms with Gasteiger partial charge >= 0.3 is 6.03 Å². The van der Waals surface area contributed by atoms with E-state index in [0.717, 1.165) is 32.2 Å². The summed E-state index contributed by atoms with van der Waals surface area (Å²) in [4.78, 5) is 30.9. The van der Waals surface area contributed by atoms with Gasteiger partial charge < -0.3 is 15.1 Å². The molecule has 10 heteroatoms. The van der Waals surface area contributed by atoms with Crippen molar-refractivity contribution in [3.8, 4) is 0 Å². The van der Waals surface area contributed by atoms with E-state index in [1.165, 1.54) is 12.8 Å². The molecule has 0 atom stereocenters. The molecule has 0 bridgehead atoms. The van der Waals surface area contributed by atoms with E-state index in [2.05, 4.69) is 14.9 Å². The van der Waals surface area contributed by atoms with Crippen LogP contribution in [0.5, 0.6) is 0 Å². The summed E-state index contributed by atoms with van der Waals surface area (Å²) >= 11 is 0. The fourth-order valence-electron chi connectivity index (χ4n) is 3.76. The van der Waals surface area contributed by atoms with Gasteiger partial charge in [0, 0.05) is 50.6 Å². The Labute approximate surface area is 178 Å². The first-order valence-electron chi connectivity index (χ1n) is 10.4. The maximum Gasteiger partial charge on any atom is 0.321 e. The maximum atomic E-state index is 12.5. The number of nitrogens with one attached hydrogen (secondary N) is 2. The number of piperazine rings is 1. The third kappa shape index (κ3) is 6.88. The highest BCUT2D eigenvalue weighted by Crippen LogP contribution is 2.16. The summed E-state index contributed by atoms with van der Waals surface area (Å²) in [6.45, 7) is 4.61. The van der Waals surface area contributed by atoms with E-state index in [1.807, 2.05) is 4.90 Å². The fraction of sp³-hybridized carbons (Fsp3) is 0.600. The number of sulfonamides is 1. The second-order valence-electron chi connectivity index (χ2n) is 7.94. The summed E-state index contributed by atoms with van der Waals surface area (Å²) in [5.74, 6) is 0.192. The van der Waals surface area contributed by atoms with Crippen molar-refractivity contribution in [2.75, 3.05) is 62.1 Å². The Morgan fingerprint density at radius 1 is 0.833 bits per heavy atom. The Kier molecular flexibility index (Phi) is 7.54. The van der Waals surface area contributed by atoms with Crippen LogP contribution in [0.3, 0.4) is 0 Å². The smallest absolute Gasteiger partial charge is 0.321 e. The highest BCUT2D eigenvalue weighted by molar-refractivity contribution is 7.92. The molecule has 0 unspecified atom stereocenters. The summed E-state index contributed by atoms with van der Waals surface area (Å²) in [5, 5.41) is 2.83. The van der Waals surface area contributed by atoms with Crippen LogP contribution in [-0.2, 0) is 14.8 Å². The molecule has 0 aromatic heterocycles. The van der Waals surface area contributed by atoms with Crippen LogP contribution in [-0.4, -0.2) is 87.1 Å². The molecule has 0 radical (unpaired) electrons. The average molecular weight is 438 g/mol. The minimum atomic E-state index is -3.33. The van der Waals surface area contributed by atoms with Crippen LogP contribution in [0.1, 0.15) is 25.7 Å². The van der Waals surface area contributed by atoms with Gasteiger partial charge in [0.05, 0.1) is 12.8 Å². The summed E-state index contributed by atoms with van der Waals surface area (Å²) in [6, 6.07) is 6.31. The molecule has 0 saturated carbocycles. The van der Waals surface area contributed by atoms with Crippen molar-refractivity contribution in [2.24, 2.45) is 0 Å². The monoisotopic (exact) mass is 437 g/mol. The molecule has 2 saturated heterocycles. The van der Waals surface area contributed by atoms with E-state index in [0.29, 0.717) is 44.1 Å². The van der Waals surface area contributed by atoms with E-state index in [-0.39, 0.29) is 11.9 Å². The van der Waals surface area contributed by atoms with Gasteiger partial charge in [-0.3, -0.25) is 14.4 Å². The number of carbonyl (C=O) groups excluding carboxylic acids is 2. The zero-order chi connectivity index (χ0) is 21.6. The largest absolute Gasteiger partial charge is 0.342 e. The van der Waals surface area contributed by atoms with Crippen LogP contribution in [0.25, 0.3) is 0 Å². The summed E-state index contributed by atoms with van der Waals surface area (Å²) < 4.78 is 24.9. The molecule has 2 N–H and O–H groups in total. The van der Waals surface area contributed by atoms with Crippen molar-refractivity contribution in [1.29, 1.82) is 0 Å². The van der Waals surface area contributed by atoms with Crippen LogP contribution in [0.2, 0.25) is 0 Å². The molecule has 1 aromatic carbocycles. The van der Waals surface area contributed by atoms with Crippen LogP contribution in [0, 0.1) is 0 Å². The Bertz CT molecular complexity index is 827.